The summed E-state index contributed by atoms with van der Waals surface area (Å²) in [5, 5.41) is 0. The van der Waals surface area contributed by atoms with Gasteiger partial charge in [0.05, 0.1) is 0 Å². The molecule has 0 aromatic heterocycles. The van der Waals surface area contributed by atoms with E-state index >= 15 is 0 Å². The zero-order valence-electron chi connectivity index (χ0n) is 9.13. The van der Waals surface area contributed by atoms with E-state index < -0.39 is 0 Å². The molecule has 0 aliphatic heterocycles. The van der Waals surface area contributed by atoms with Crippen LogP contribution in [-0.4, -0.2) is 0 Å². The summed E-state index contributed by atoms with van der Waals surface area (Å²) in [5.74, 6) is 0.558. The molecule has 0 bridgehead atoms. The Labute approximate surface area is 109 Å². The van der Waals surface area contributed by atoms with Crippen molar-refractivity contribution < 1.29 is 0 Å². The van der Waals surface area contributed by atoms with Crippen LogP contribution in [0.1, 0.15) is 38.3 Å². The first-order valence-electron chi connectivity index (χ1n) is 5.30. The minimum Gasteiger partial charge on any atom is -0.324 e. The van der Waals surface area contributed by atoms with Crippen LogP contribution in [0.25, 0.3) is 0 Å². The number of hydrogen-bond acceptors (Lipinski definition) is 1. The van der Waals surface area contributed by atoms with E-state index in [1.807, 2.05) is 6.07 Å². The molecule has 3 heteroatoms. The summed E-state index contributed by atoms with van der Waals surface area (Å²) in [6.07, 6.45) is 2.25. The third kappa shape index (κ3) is 3.30. The minimum absolute atomic E-state index is 0.127. The van der Waals surface area contributed by atoms with Crippen molar-refractivity contribution in [2.45, 2.75) is 32.7 Å². The molecule has 1 aromatic rings. The molecule has 0 amide bonds. The van der Waals surface area contributed by atoms with Gasteiger partial charge in [-0.2, -0.15) is 0 Å². The lowest BCUT2D eigenvalue weighted by molar-refractivity contribution is 0.404. The van der Waals surface area contributed by atoms with Crippen molar-refractivity contribution in [1.82, 2.24) is 0 Å². The molecule has 0 aliphatic rings. The fraction of sp³-hybridized carbons (Fsp3) is 0.500. The first kappa shape index (κ1) is 13.2. The van der Waals surface area contributed by atoms with E-state index in [4.69, 9.17) is 5.73 Å². The molecule has 84 valence electrons. The largest absolute Gasteiger partial charge is 0.324 e. The summed E-state index contributed by atoms with van der Waals surface area (Å²) in [4.78, 5) is 0. The smallest absolute Gasteiger partial charge is 0.0334 e. The molecule has 0 saturated carbocycles. The van der Waals surface area contributed by atoms with Crippen LogP contribution in [-0.2, 0) is 0 Å². The second-order valence-electron chi connectivity index (χ2n) is 3.77. The van der Waals surface area contributed by atoms with Crippen molar-refractivity contribution in [3.63, 3.8) is 0 Å². The predicted molar refractivity (Wildman–Crippen MR) is 72.8 cm³/mol. The van der Waals surface area contributed by atoms with Crippen LogP contribution in [0.3, 0.4) is 0 Å². The van der Waals surface area contributed by atoms with Gasteiger partial charge in [-0.05, 0) is 23.6 Å². The Hall–Kier alpha value is 0.140. The maximum atomic E-state index is 6.27. The highest BCUT2D eigenvalue weighted by Crippen LogP contribution is 2.31. The molecule has 1 atom stereocenters. The average Bonchev–Trinajstić information content (AvgIpc) is 2.19. The summed E-state index contributed by atoms with van der Waals surface area (Å²) in [6, 6.07) is 6.32. The zero-order valence-corrected chi connectivity index (χ0v) is 12.3. The second kappa shape index (κ2) is 6.02. The quantitative estimate of drug-likeness (QED) is 0.852. The highest BCUT2D eigenvalue weighted by Gasteiger charge is 2.18. The van der Waals surface area contributed by atoms with Crippen molar-refractivity contribution in [2.24, 2.45) is 11.7 Å². The molecule has 0 radical (unpaired) electrons. The van der Waals surface area contributed by atoms with Crippen molar-refractivity contribution in [3.8, 4) is 0 Å². The lowest BCUT2D eigenvalue weighted by Gasteiger charge is -2.22. The monoisotopic (exact) mass is 333 g/mol. The van der Waals surface area contributed by atoms with Gasteiger partial charge in [0.15, 0.2) is 0 Å². The Morgan fingerprint density at radius 2 is 1.80 bits per heavy atom. The molecule has 1 unspecified atom stereocenters. The van der Waals surface area contributed by atoms with Gasteiger partial charge in [-0.25, -0.2) is 0 Å². The van der Waals surface area contributed by atoms with Crippen LogP contribution in [0.4, 0.5) is 0 Å². The van der Waals surface area contributed by atoms with Crippen molar-refractivity contribution in [1.29, 1.82) is 0 Å². The third-order valence-electron chi connectivity index (χ3n) is 2.88. The van der Waals surface area contributed by atoms with E-state index in [0.29, 0.717) is 5.92 Å². The Morgan fingerprint density at radius 1 is 1.20 bits per heavy atom. The SMILES string of the molecule is CCC(CC)C(N)c1ccc(Br)cc1Br. The summed E-state index contributed by atoms with van der Waals surface area (Å²) in [6.45, 7) is 4.39. The van der Waals surface area contributed by atoms with Crippen molar-refractivity contribution in [2.75, 3.05) is 0 Å². The predicted octanol–water partition coefficient (Wildman–Crippen LogP) is 4.65. The molecule has 0 heterocycles. The number of rotatable bonds is 4. The fourth-order valence-corrected chi connectivity index (χ4v) is 3.13. The van der Waals surface area contributed by atoms with E-state index in [-0.39, 0.29) is 6.04 Å². The first-order chi connectivity index (χ1) is 7.10. The number of halogens is 2. The maximum absolute atomic E-state index is 6.27. The lowest BCUT2D eigenvalue weighted by Crippen LogP contribution is -2.20. The van der Waals surface area contributed by atoms with Crippen molar-refractivity contribution >= 4 is 31.9 Å². The number of nitrogens with two attached hydrogens (primary N) is 1. The molecule has 0 fully saturated rings. The second-order valence-corrected chi connectivity index (χ2v) is 5.54. The normalized spacial score (nSPS) is 13.2. The van der Waals surface area contributed by atoms with Crippen LogP contribution < -0.4 is 5.73 Å². The number of benzene rings is 1. The van der Waals surface area contributed by atoms with Crippen LogP contribution >= 0.6 is 31.9 Å². The van der Waals surface area contributed by atoms with Crippen LogP contribution in [0.5, 0.6) is 0 Å². The van der Waals surface area contributed by atoms with Gasteiger partial charge in [0.25, 0.3) is 0 Å². The van der Waals surface area contributed by atoms with Gasteiger partial charge in [0.2, 0.25) is 0 Å². The van der Waals surface area contributed by atoms with Crippen LogP contribution in [0, 0.1) is 5.92 Å². The summed E-state index contributed by atoms with van der Waals surface area (Å²) >= 11 is 7.01. The topological polar surface area (TPSA) is 26.0 Å². The Kier molecular flexibility index (Phi) is 5.30. The third-order valence-corrected chi connectivity index (χ3v) is 4.06. The van der Waals surface area contributed by atoms with Gasteiger partial charge in [-0.1, -0.05) is 64.6 Å². The van der Waals surface area contributed by atoms with E-state index in [2.05, 4.69) is 57.8 Å². The summed E-state index contributed by atoms with van der Waals surface area (Å²) < 4.78 is 2.17. The van der Waals surface area contributed by atoms with Gasteiger partial charge in [0, 0.05) is 15.0 Å². The molecule has 1 nitrogen and oxygen atoms in total. The minimum atomic E-state index is 0.127. The molecule has 0 aliphatic carbocycles. The van der Waals surface area contributed by atoms with Crippen molar-refractivity contribution in [3.05, 3.63) is 32.7 Å². The van der Waals surface area contributed by atoms with E-state index in [1.165, 1.54) is 5.56 Å². The van der Waals surface area contributed by atoms with E-state index in [0.717, 1.165) is 21.8 Å². The molecule has 15 heavy (non-hydrogen) atoms. The number of hydrogen-bond donors (Lipinski definition) is 1. The van der Waals surface area contributed by atoms with Crippen LogP contribution in [0.2, 0.25) is 0 Å². The van der Waals surface area contributed by atoms with Crippen LogP contribution in [0.15, 0.2) is 27.1 Å². The fourth-order valence-electron chi connectivity index (χ4n) is 1.82. The first-order valence-corrected chi connectivity index (χ1v) is 6.89. The highest BCUT2D eigenvalue weighted by atomic mass is 79.9. The van der Waals surface area contributed by atoms with Gasteiger partial charge < -0.3 is 5.73 Å². The highest BCUT2D eigenvalue weighted by molar-refractivity contribution is 9.11. The Morgan fingerprint density at radius 3 is 2.27 bits per heavy atom. The summed E-state index contributed by atoms with van der Waals surface area (Å²) in [5.41, 5.74) is 7.47. The molecular formula is C12H17Br2N. The Bertz CT molecular complexity index is 321. The van der Waals surface area contributed by atoms with Gasteiger partial charge >= 0.3 is 0 Å². The van der Waals surface area contributed by atoms with Gasteiger partial charge in [-0.3, -0.25) is 0 Å². The molecule has 1 aromatic carbocycles. The van der Waals surface area contributed by atoms with E-state index in [9.17, 15) is 0 Å². The van der Waals surface area contributed by atoms with Gasteiger partial charge in [-0.15, -0.1) is 0 Å². The molecule has 2 N–H and O–H groups in total. The molecule has 0 spiro atoms. The zero-order chi connectivity index (χ0) is 11.4. The average molecular weight is 335 g/mol. The molecular weight excluding hydrogens is 318 g/mol. The maximum Gasteiger partial charge on any atom is 0.0334 e. The Balaban J connectivity index is 2.94. The standard InChI is InChI=1S/C12H17Br2N/c1-3-8(4-2)12(15)10-6-5-9(13)7-11(10)14/h5-8,12H,3-4,15H2,1-2H3. The lowest BCUT2D eigenvalue weighted by atomic mass is 9.90. The molecule has 1 rings (SSSR count). The summed E-state index contributed by atoms with van der Waals surface area (Å²) in [7, 11) is 0. The van der Waals surface area contributed by atoms with Gasteiger partial charge in [0.1, 0.15) is 0 Å². The van der Waals surface area contributed by atoms with E-state index in [1.54, 1.807) is 0 Å². The molecule has 0 saturated heterocycles.